The summed E-state index contributed by atoms with van der Waals surface area (Å²) < 4.78 is 0. The fourth-order valence-corrected chi connectivity index (χ4v) is 7.13. The molecule has 1 aromatic heterocycles. The predicted octanol–water partition coefficient (Wildman–Crippen LogP) is 12.1. The number of fused-ring (bicyclic) bond motifs is 2. The van der Waals surface area contributed by atoms with Crippen LogP contribution in [-0.4, -0.2) is 15.0 Å². The van der Waals surface area contributed by atoms with Gasteiger partial charge in [-0.2, -0.15) is 5.26 Å². The van der Waals surface area contributed by atoms with Crippen molar-refractivity contribution < 1.29 is 0 Å². The van der Waals surface area contributed by atoms with E-state index in [2.05, 4.69) is 115 Å². The molecule has 52 heavy (non-hydrogen) atoms. The Morgan fingerprint density at radius 3 is 1.21 bits per heavy atom. The summed E-state index contributed by atoms with van der Waals surface area (Å²) in [5, 5.41) is 14.3. The summed E-state index contributed by atoms with van der Waals surface area (Å²) in [6, 6.07) is 64.7. The molecule has 0 aliphatic heterocycles. The second-order valence-corrected chi connectivity index (χ2v) is 12.7. The highest BCUT2D eigenvalue weighted by Gasteiger charge is 2.18. The molecular weight excluding hydrogens is 633 g/mol. The van der Waals surface area contributed by atoms with Crippen LogP contribution in [0.1, 0.15) is 5.56 Å². The zero-order valence-electron chi connectivity index (χ0n) is 28.1. The second kappa shape index (κ2) is 13.2. The van der Waals surface area contributed by atoms with Crippen LogP contribution >= 0.6 is 0 Å². The third-order valence-corrected chi connectivity index (χ3v) is 9.52. The Morgan fingerprint density at radius 1 is 0.308 bits per heavy atom. The summed E-state index contributed by atoms with van der Waals surface area (Å²) in [7, 11) is 0. The highest BCUT2D eigenvalue weighted by atomic mass is 15.0. The summed E-state index contributed by atoms with van der Waals surface area (Å²) in [5.74, 6) is 1.78. The van der Waals surface area contributed by atoms with Crippen LogP contribution in [0.4, 0.5) is 0 Å². The molecule has 0 fully saturated rings. The minimum Gasteiger partial charge on any atom is -0.208 e. The molecule has 4 heteroatoms. The van der Waals surface area contributed by atoms with Crippen LogP contribution in [0.2, 0.25) is 0 Å². The molecule has 0 atom stereocenters. The van der Waals surface area contributed by atoms with Gasteiger partial charge in [-0.3, -0.25) is 0 Å². The van der Waals surface area contributed by atoms with Crippen LogP contribution in [0.15, 0.2) is 182 Å². The van der Waals surface area contributed by atoms with Gasteiger partial charge < -0.3 is 0 Å². The molecule has 0 aliphatic rings. The lowest BCUT2D eigenvalue weighted by atomic mass is 9.86. The molecule has 9 rings (SSSR count). The van der Waals surface area contributed by atoms with Gasteiger partial charge in [0.05, 0.1) is 11.6 Å². The Labute approximate surface area is 302 Å². The van der Waals surface area contributed by atoms with Gasteiger partial charge >= 0.3 is 0 Å². The number of nitriles is 1. The lowest BCUT2D eigenvalue weighted by Crippen LogP contribution is -2.00. The van der Waals surface area contributed by atoms with E-state index in [0.717, 1.165) is 33.4 Å². The standard InChI is InChI=1S/C48H30N4/c49-31-32-14-11-19-35(28-32)36-20-12-22-38(29-36)47-50-46(34-17-5-2-6-18-34)51-48(52-47)39-23-13-21-37(30-39)45-42-26-9-7-24-40(42)44(33-15-3-1-4-16-33)41-25-8-10-27-43(41)45/h1-30H. The molecule has 0 radical (unpaired) electrons. The van der Waals surface area contributed by atoms with Gasteiger partial charge in [-0.15, -0.1) is 0 Å². The maximum Gasteiger partial charge on any atom is 0.164 e. The number of aromatic nitrogens is 3. The van der Waals surface area contributed by atoms with E-state index in [-0.39, 0.29) is 0 Å². The lowest BCUT2D eigenvalue weighted by Gasteiger charge is -2.18. The van der Waals surface area contributed by atoms with Gasteiger partial charge in [0.2, 0.25) is 0 Å². The monoisotopic (exact) mass is 662 g/mol. The van der Waals surface area contributed by atoms with E-state index < -0.39 is 0 Å². The molecule has 0 saturated heterocycles. The molecule has 242 valence electrons. The van der Waals surface area contributed by atoms with Crippen LogP contribution in [0, 0.1) is 11.3 Å². The van der Waals surface area contributed by atoms with E-state index in [1.807, 2.05) is 72.8 Å². The zero-order chi connectivity index (χ0) is 34.9. The smallest absolute Gasteiger partial charge is 0.164 e. The van der Waals surface area contributed by atoms with Crippen LogP contribution in [0.3, 0.4) is 0 Å². The molecule has 0 amide bonds. The average Bonchev–Trinajstić information content (AvgIpc) is 3.23. The number of hydrogen-bond donors (Lipinski definition) is 0. The minimum absolute atomic E-state index is 0.579. The number of nitrogens with zero attached hydrogens (tertiary/aromatic N) is 4. The van der Waals surface area contributed by atoms with Gasteiger partial charge in [-0.05, 0) is 79.2 Å². The fraction of sp³-hybridized carbons (Fsp3) is 0. The fourth-order valence-electron chi connectivity index (χ4n) is 7.13. The van der Waals surface area contributed by atoms with Crippen LogP contribution in [0.5, 0.6) is 0 Å². The first-order valence-electron chi connectivity index (χ1n) is 17.3. The van der Waals surface area contributed by atoms with Crippen molar-refractivity contribution in [3.63, 3.8) is 0 Å². The molecular formula is C48H30N4. The van der Waals surface area contributed by atoms with Crippen molar-refractivity contribution in [1.29, 1.82) is 5.26 Å². The van der Waals surface area contributed by atoms with Crippen molar-refractivity contribution in [3.05, 3.63) is 188 Å². The Bertz CT molecular complexity index is 2740. The average molecular weight is 663 g/mol. The van der Waals surface area contributed by atoms with E-state index in [1.165, 1.54) is 38.2 Å². The molecule has 0 saturated carbocycles. The molecule has 0 bridgehead atoms. The van der Waals surface area contributed by atoms with Gasteiger partial charge in [0.1, 0.15) is 0 Å². The van der Waals surface area contributed by atoms with Crippen molar-refractivity contribution in [2.45, 2.75) is 0 Å². The normalized spacial score (nSPS) is 11.1. The second-order valence-electron chi connectivity index (χ2n) is 12.7. The predicted molar refractivity (Wildman–Crippen MR) is 212 cm³/mol. The van der Waals surface area contributed by atoms with Gasteiger partial charge in [0, 0.05) is 16.7 Å². The minimum atomic E-state index is 0.579. The first-order chi connectivity index (χ1) is 25.7. The number of rotatable bonds is 6. The molecule has 0 spiro atoms. The summed E-state index contributed by atoms with van der Waals surface area (Å²) in [6.45, 7) is 0. The van der Waals surface area contributed by atoms with Crippen LogP contribution < -0.4 is 0 Å². The summed E-state index contributed by atoms with van der Waals surface area (Å²) in [4.78, 5) is 15.2. The summed E-state index contributed by atoms with van der Waals surface area (Å²) in [6.07, 6.45) is 0. The van der Waals surface area contributed by atoms with E-state index in [4.69, 9.17) is 15.0 Å². The number of benzene rings is 8. The van der Waals surface area contributed by atoms with Crippen LogP contribution in [0.25, 0.3) is 89.1 Å². The van der Waals surface area contributed by atoms with Crippen molar-refractivity contribution >= 4 is 21.5 Å². The van der Waals surface area contributed by atoms with Crippen molar-refractivity contribution in [3.8, 4) is 73.6 Å². The molecule has 8 aromatic carbocycles. The van der Waals surface area contributed by atoms with E-state index >= 15 is 0 Å². The van der Waals surface area contributed by atoms with Gasteiger partial charge in [0.15, 0.2) is 17.5 Å². The van der Waals surface area contributed by atoms with Gasteiger partial charge in [-0.25, -0.2) is 15.0 Å². The number of hydrogen-bond acceptors (Lipinski definition) is 4. The quantitative estimate of drug-likeness (QED) is 0.166. The topological polar surface area (TPSA) is 62.5 Å². The third kappa shape index (κ3) is 5.67. The van der Waals surface area contributed by atoms with Gasteiger partial charge in [0.25, 0.3) is 0 Å². The molecule has 0 unspecified atom stereocenters. The Hall–Kier alpha value is -7.22. The summed E-state index contributed by atoms with van der Waals surface area (Å²) >= 11 is 0. The Kier molecular flexibility index (Phi) is 7.85. The highest BCUT2D eigenvalue weighted by molar-refractivity contribution is 6.21. The van der Waals surface area contributed by atoms with E-state index in [1.54, 1.807) is 0 Å². The van der Waals surface area contributed by atoms with E-state index in [0.29, 0.717) is 23.0 Å². The van der Waals surface area contributed by atoms with Crippen molar-refractivity contribution in [1.82, 2.24) is 15.0 Å². The van der Waals surface area contributed by atoms with E-state index in [9.17, 15) is 5.26 Å². The largest absolute Gasteiger partial charge is 0.208 e. The SMILES string of the molecule is N#Cc1cccc(-c2cccc(-c3nc(-c4ccccc4)nc(-c4cccc(-c5c6ccccc6c(-c6ccccc6)c6ccccc56)c4)n3)c2)c1. The molecule has 0 aliphatic carbocycles. The molecule has 0 N–H and O–H groups in total. The van der Waals surface area contributed by atoms with Crippen molar-refractivity contribution in [2.24, 2.45) is 0 Å². The first kappa shape index (κ1) is 30.8. The highest BCUT2D eigenvalue weighted by Crippen LogP contribution is 2.44. The Morgan fingerprint density at radius 2 is 0.673 bits per heavy atom. The Balaban J connectivity index is 1.23. The third-order valence-electron chi connectivity index (χ3n) is 9.52. The van der Waals surface area contributed by atoms with Crippen LogP contribution in [-0.2, 0) is 0 Å². The van der Waals surface area contributed by atoms with Crippen molar-refractivity contribution in [2.75, 3.05) is 0 Å². The summed E-state index contributed by atoms with van der Waals surface area (Å²) in [5.41, 5.74) is 9.95. The molecule has 4 nitrogen and oxygen atoms in total. The first-order valence-corrected chi connectivity index (χ1v) is 17.3. The maximum absolute atomic E-state index is 9.50. The van der Waals surface area contributed by atoms with Gasteiger partial charge in [-0.1, -0.05) is 158 Å². The zero-order valence-corrected chi connectivity index (χ0v) is 28.1. The lowest BCUT2D eigenvalue weighted by molar-refractivity contribution is 1.07. The molecule has 9 aromatic rings. The maximum atomic E-state index is 9.50. The molecule has 1 heterocycles.